The fourth-order valence-corrected chi connectivity index (χ4v) is 2.31. The summed E-state index contributed by atoms with van der Waals surface area (Å²) in [5.41, 5.74) is 0. The van der Waals surface area contributed by atoms with Crippen molar-refractivity contribution in [3.63, 3.8) is 0 Å². The second-order valence-electron chi connectivity index (χ2n) is 4.75. The quantitative estimate of drug-likeness (QED) is 0.520. The Morgan fingerprint density at radius 2 is 1.53 bits per heavy atom. The van der Waals surface area contributed by atoms with Crippen molar-refractivity contribution in [2.24, 2.45) is 5.92 Å². The fourth-order valence-electron chi connectivity index (χ4n) is 2.31. The first kappa shape index (κ1) is 16.0. The number of rotatable bonds is 7. The van der Waals surface area contributed by atoms with Crippen LogP contribution in [0.25, 0.3) is 0 Å². The highest BCUT2D eigenvalue weighted by Gasteiger charge is 2.29. The third-order valence-electron chi connectivity index (χ3n) is 3.32. The van der Waals surface area contributed by atoms with E-state index in [2.05, 4.69) is 4.90 Å². The smallest absolute Gasteiger partial charge is 0.320 e. The lowest BCUT2D eigenvalue weighted by molar-refractivity contribution is -0.162. The standard InChI is InChI=1S/C14H25NO4/c1-3-18-13(16)12(14(17)19-4-2)8-11-15-9-6-5-7-10-15/h12H,3-11H2,1-2H3. The Labute approximate surface area is 115 Å². The van der Waals surface area contributed by atoms with E-state index in [0.717, 1.165) is 19.6 Å². The van der Waals surface area contributed by atoms with Gasteiger partial charge in [0.05, 0.1) is 13.2 Å². The molecule has 1 fully saturated rings. The molecule has 110 valence electrons. The molecule has 0 saturated carbocycles. The number of hydrogen-bond acceptors (Lipinski definition) is 5. The molecule has 1 rings (SSSR count). The summed E-state index contributed by atoms with van der Waals surface area (Å²) in [6.45, 7) is 6.92. The maximum Gasteiger partial charge on any atom is 0.320 e. The summed E-state index contributed by atoms with van der Waals surface area (Å²) >= 11 is 0. The lowest BCUT2D eigenvalue weighted by Gasteiger charge is -2.27. The van der Waals surface area contributed by atoms with E-state index < -0.39 is 17.9 Å². The monoisotopic (exact) mass is 271 g/mol. The molecule has 0 aromatic heterocycles. The van der Waals surface area contributed by atoms with Gasteiger partial charge in [0.25, 0.3) is 0 Å². The van der Waals surface area contributed by atoms with Gasteiger partial charge in [-0.2, -0.15) is 0 Å². The SMILES string of the molecule is CCOC(=O)C(CCN1CCCCC1)C(=O)OCC. The van der Waals surface area contributed by atoms with Crippen molar-refractivity contribution in [2.75, 3.05) is 32.8 Å². The van der Waals surface area contributed by atoms with Crippen LogP contribution in [0.4, 0.5) is 0 Å². The van der Waals surface area contributed by atoms with Gasteiger partial charge in [-0.05, 0) is 52.7 Å². The molecule has 0 bridgehead atoms. The van der Waals surface area contributed by atoms with E-state index in [-0.39, 0.29) is 0 Å². The minimum atomic E-state index is -0.776. The van der Waals surface area contributed by atoms with Crippen LogP contribution in [0.15, 0.2) is 0 Å². The van der Waals surface area contributed by atoms with Gasteiger partial charge in [0.1, 0.15) is 0 Å². The molecule has 5 nitrogen and oxygen atoms in total. The van der Waals surface area contributed by atoms with Crippen LogP contribution in [0.1, 0.15) is 39.5 Å². The van der Waals surface area contributed by atoms with Crippen LogP contribution < -0.4 is 0 Å². The first-order valence-corrected chi connectivity index (χ1v) is 7.24. The summed E-state index contributed by atoms with van der Waals surface area (Å²) < 4.78 is 9.91. The number of piperidine rings is 1. The Balaban J connectivity index is 2.47. The summed E-state index contributed by atoms with van der Waals surface area (Å²) in [6.07, 6.45) is 4.15. The highest BCUT2D eigenvalue weighted by molar-refractivity contribution is 5.94. The van der Waals surface area contributed by atoms with Crippen molar-refractivity contribution < 1.29 is 19.1 Å². The Morgan fingerprint density at radius 3 is 2.00 bits per heavy atom. The first-order chi connectivity index (χ1) is 9.19. The zero-order valence-corrected chi connectivity index (χ0v) is 12.0. The molecule has 0 amide bonds. The molecule has 1 heterocycles. The van der Waals surface area contributed by atoms with Crippen LogP contribution in [0.3, 0.4) is 0 Å². The minimum Gasteiger partial charge on any atom is -0.465 e. The third kappa shape index (κ3) is 5.59. The fraction of sp³-hybridized carbons (Fsp3) is 0.857. The Morgan fingerprint density at radius 1 is 1.00 bits per heavy atom. The molecule has 19 heavy (non-hydrogen) atoms. The van der Waals surface area contributed by atoms with Crippen molar-refractivity contribution in [1.82, 2.24) is 4.90 Å². The third-order valence-corrected chi connectivity index (χ3v) is 3.32. The molecule has 0 aliphatic carbocycles. The maximum absolute atomic E-state index is 11.8. The predicted molar refractivity (Wildman–Crippen MR) is 71.7 cm³/mol. The van der Waals surface area contributed by atoms with Gasteiger partial charge >= 0.3 is 11.9 Å². The Bertz CT molecular complexity index is 269. The Kier molecular flexibility index (Phi) is 7.48. The lowest BCUT2D eigenvalue weighted by Crippen LogP contribution is -2.35. The molecule has 1 aliphatic rings. The van der Waals surface area contributed by atoms with Crippen LogP contribution in [-0.2, 0) is 19.1 Å². The van der Waals surface area contributed by atoms with Gasteiger partial charge in [-0.25, -0.2) is 0 Å². The topological polar surface area (TPSA) is 55.8 Å². The predicted octanol–water partition coefficient (Wildman–Crippen LogP) is 1.60. The average molecular weight is 271 g/mol. The van der Waals surface area contributed by atoms with Gasteiger partial charge in [-0.3, -0.25) is 9.59 Å². The molecule has 0 aromatic rings. The normalized spacial score (nSPS) is 16.4. The molecular formula is C14H25NO4. The molecule has 0 radical (unpaired) electrons. The molecule has 5 heteroatoms. The van der Waals surface area contributed by atoms with Crippen LogP contribution in [0.5, 0.6) is 0 Å². The van der Waals surface area contributed by atoms with Crippen LogP contribution >= 0.6 is 0 Å². The Hall–Kier alpha value is -1.10. The summed E-state index contributed by atoms with van der Waals surface area (Å²) in [5.74, 6) is -1.70. The molecule has 0 atom stereocenters. The number of ether oxygens (including phenoxy) is 2. The van der Waals surface area contributed by atoms with Gasteiger partial charge in [0, 0.05) is 0 Å². The zero-order valence-electron chi connectivity index (χ0n) is 12.0. The summed E-state index contributed by atoms with van der Waals surface area (Å²) in [6, 6.07) is 0. The van der Waals surface area contributed by atoms with Gasteiger partial charge in [-0.15, -0.1) is 0 Å². The summed E-state index contributed by atoms with van der Waals surface area (Å²) in [5, 5.41) is 0. The number of likely N-dealkylation sites (tertiary alicyclic amines) is 1. The number of nitrogens with zero attached hydrogens (tertiary/aromatic N) is 1. The minimum absolute atomic E-state index is 0.290. The van der Waals surface area contributed by atoms with Gasteiger partial charge in [-0.1, -0.05) is 6.42 Å². The van der Waals surface area contributed by atoms with Gasteiger partial charge in [0.2, 0.25) is 0 Å². The molecule has 0 unspecified atom stereocenters. The molecule has 0 N–H and O–H groups in total. The van der Waals surface area contributed by atoms with E-state index in [1.165, 1.54) is 19.3 Å². The average Bonchev–Trinajstić information content (AvgIpc) is 2.41. The van der Waals surface area contributed by atoms with E-state index in [9.17, 15) is 9.59 Å². The van der Waals surface area contributed by atoms with E-state index in [4.69, 9.17) is 9.47 Å². The van der Waals surface area contributed by atoms with Crippen molar-refractivity contribution in [1.29, 1.82) is 0 Å². The molecule has 0 spiro atoms. The molecule has 0 aromatic carbocycles. The number of carbonyl (C=O) groups excluding carboxylic acids is 2. The van der Waals surface area contributed by atoms with E-state index in [1.54, 1.807) is 13.8 Å². The maximum atomic E-state index is 11.8. The van der Waals surface area contributed by atoms with E-state index >= 15 is 0 Å². The van der Waals surface area contributed by atoms with Crippen molar-refractivity contribution in [3.05, 3.63) is 0 Å². The second-order valence-corrected chi connectivity index (χ2v) is 4.75. The van der Waals surface area contributed by atoms with Gasteiger partial charge < -0.3 is 14.4 Å². The highest BCUT2D eigenvalue weighted by atomic mass is 16.6. The molecule has 1 saturated heterocycles. The van der Waals surface area contributed by atoms with Crippen molar-refractivity contribution in [2.45, 2.75) is 39.5 Å². The second kappa shape index (κ2) is 8.91. The molecule has 1 aliphatic heterocycles. The largest absolute Gasteiger partial charge is 0.465 e. The number of hydrogen-bond donors (Lipinski definition) is 0. The van der Waals surface area contributed by atoms with Crippen molar-refractivity contribution in [3.8, 4) is 0 Å². The first-order valence-electron chi connectivity index (χ1n) is 7.24. The summed E-state index contributed by atoms with van der Waals surface area (Å²) in [4.78, 5) is 25.9. The summed E-state index contributed by atoms with van der Waals surface area (Å²) in [7, 11) is 0. The number of carbonyl (C=O) groups is 2. The van der Waals surface area contributed by atoms with E-state index in [0.29, 0.717) is 19.6 Å². The highest BCUT2D eigenvalue weighted by Crippen LogP contribution is 2.14. The van der Waals surface area contributed by atoms with Gasteiger partial charge in [0.15, 0.2) is 5.92 Å². The van der Waals surface area contributed by atoms with Crippen LogP contribution in [0, 0.1) is 5.92 Å². The lowest BCUT2D eigenvalue weighted by atomic mass is 10.0. The molecular weight excluding hydrogens is 246 g/mol. The van der Waals surface area contributed by atoms with E-state index in [1.807, 2.05) is 0 Å². The van der Waals surface area contributed by atoms with Crippen LogP contribution in [-0.4, -0.2) is 49.7 Å². The number of esters is 2. The van der Waals surface area contributed by atoms with Crippen molar-refractivity contribution >= 4 is 11.9 Å². The zero-order chi connectivity index (χ0) is 14.1. The van der Waals surface area contributed by atoms with Crippen LogP contribution in [0.2, 0.25) is 0 Å².